The van der Waals surface area contributed by atoms with Crippen molar-refractivity contribution in [1.82, 2.24) is 4.57 Å². The number of fused-ring (bicyclic) bond motifs is 7. The van der Waals surface area contributed by atoms with Gasteiger partial charge in [-0.2, -0.15) is 0 Å². The molecule has 1 aromatic heterocycles. The Morgan fingerprint density at radius 3 is 1.81 bits per heavy atom. The molecule has 8 aromatic carbocycles. The Bertz CT molecular complexity index is 2820. The lowest BCUT2D eigenvalue weighted by molar-refractivity contribution is 0.479. The average Bonchev–Trinajstić information content (AvgIpc) is 3.55. The second kappa shape index (κ2) is 11.4. The lowest BCUT2D eigenvalue weighted by Crippen LogP contribution is -2.53. The van der Waals surface area contributed by atoms with Gasteiger partial charge in [0.05, 0.1) is 11.0 Å². The first-order valence-electron chi connectivity index (χ1n) is 17.8. The number of para-hydroxylation sites is 2. The molecule has 0 unspecified atom stereocenters. The molecule has 52 heavy (non-hydrogen) atoms. The number of nitrogens with zero attached hydrogens (tertiary/aromatic N) is 1. The molecule has 11 rings (SSSR count). The van der Waals surface area contributed by atoms with Crippen molar-refractivity contribution in [1.29, 1.82) is 0 Å². The molecule has 0 saturated heterocycles. The van der Waals surface area contributed by atoms with Crippen LogP contribution in [0, 0.1) is 0 Å². The third-order valence-corrected chi connectivity index (χ3v) is 10.7. The Labute approximate surface area is 302 Å². The highest BCUT2D eigenvalue weighted by atomic mass is 16.5. The highest BCUT2D eigenvalue weighted by Crippen LogP contribution is 2.42. The van der Waals surface area contributed by atoms with Crippen LogP contribution in [0.5, 0.6) is 17.2 Å². The van der Waals surface area contributed by atoms with Crippen molar-refractivity contribution >= 4 is 39.6 Å². The SMILES string of the molecule is c1ccc(-c2cccc(-c3ccc4c(c3)Oc3cccc5c3B4Oc3ccc(-c4cccc(-n6c7ccccc7c7ccccc76)c4)cc3-5)c2)cc1. The summed E-state index contributed by atoms with van der Waals surface area (Å²) in [6, 6.07) is 64.8. The molecule has 9 aromatic rings. The summed E-state index contributed by atoms with van der Waals surface area (Å²) in [6.45, 7) is -0.253. The predicted molar refractivity (Wildman–Crippen MR) is 215 cm³/mol. The quantitative estimate of drug-likeness (QED) is 0.175. The smallest absolute Gasteiger partial charge is 0.434 e. The van der Waals surface area contributed by atoms with E-state index in [0.717, 1.165) is 67.2 Å². The summed E-state index contributed by atoms with van der Waals surface area (Å²) < 4.78 is 15.9. The molecule has 0 spiro atoms. The Balaban J connectivity index is 0.963. The van der Waals surface area contributed by atoms with E-state index in [1.807, 2.05) is 0 Å². The first-order chi connectivity index (χ1) is 25.8. The number of aromatic nitrogens is 1. The lowest BCUT2D eigenvalue weighted by atomic mass is 9.51. The Morgan fingerprint density at radius 1 is 0.385 bits per heavy atom. The summed E-state index contributed by atoms with van der Waals surface area (Å²) >= 11 is 0. The molecule has 0 radical (unpaired) electrons. The molecule has 0 fully saturated rings. The zero-order chi connectivity index (χ0) is 34.2. The van der Waals surface area contributed by atoms with E-state index in [0.29, 0.717) is 0 Å². The fraction of sp³-hybridized carbons (Fsp3) is 0. The first-order valence-corrected chi connectivity index (χ1v) is 17.8. The minimum Gasteiger partial charge on any atom is -0.551 e. The van der Waals surface area contributed by atoms with Crippen LogP contribution < -0.4 is 20.3 Å². The van der Waals surface area contributed by atoms with Crippen LogP contribution in [-0.2, 0) is 0 Å². The van der Waals surface area contributed by atoms with Gasteiger partial charge in [0.25, 0.3) is 0 Å². The maximum atomic E-state index is 6.87. The molecular weight excluding hydrogens is 633 g/mol. The van der Waals surface area contributed by atoms with Crippen molar-refractivity contribution in [2.45, 2.75) is 0 Å². The van der Waals surface area contributed by atoms with Crippen molar-refractivity contribution in [2.75, 3.05) is 0 Å². The highest BCUT2D eigenvalue weighted by Gasteiger charge is 2.40. The van der Waals surface area contributed by atoms with Crippen molar-refractivity contribution in [3.63, 3.8) is 0 Å². The van der Waals surface area contributed by atoms with Gasteiger partial charge in [0, 0.05) is 32.9 Å². The van der Waals surface area contributed by atoms with Gasteiger partial charge in [0.15, 0.2) is 0 Å². The Hall–Kier alpha value is -6.78. The molecule has 0 aliphatic carbocycles. The zero-order valence-electron chi connectivity index (χ0n) is 28.2. The summed E-state index contributed by atoms with van der Waals surface area (Å²) in [4.78, 5) is 0. The summed E-state index contributed by atoms with van der Waals surface area (Å²) in [6.07, 6.45) is 0. The molecule has 242 valence electrons. The van der Waals surface area contributed by atoms with Gasteiger partial charge in [0.2, 0.25) is 0 Å². The monoisotopic (exact) mass is 663 g/mol. The molecule has 0 amide bonds. The normalized spacial score (nSPS) is 12.5. The van der Waals surface area contributed by atoms with Crippen molar-refractivity contribution in [3.05, 3.63) is 182 Å². The molecule has 3 heterocycles. The fourth-order valence-corrected chi connectivity index (χ4v) is 8.24. The molecule has 0 N–H and O–H groups in total. The van der Waals surface area contributed by atoms with E-state index >= 15 is 0 Å². The number of rotatable bonds is 4. The van der Waals surface area contributed by atoms with Gasteiger partial charge in [0.1, 0.15) is 17.2 Å². The topological polar surface area (TPSA) is 23.4 Å². The molecule has 3 nitrogen and oxygen atoms in total. The van der Waals surface area contributed by atoms with Gasteiger partial charge >= 0.3 is 6.92 Å². The Morgan fingerprint density at radius 2 is 1.00 bits per heavy atom. The Kier molecular flexibility index (Phi) is 6.35. The molecule has 0 bridgehead atoms. The molecule has 0 atom stereocenters. The summed E-state index contributed by atoms with van der Waals surface area (Å²) in [5.74, 6) is 2.55. The van der Waals surface area contributed by atoms with Crippen molar-refractivity contribution in [2.24, 2.45) is 0 Å². The second-order valence-corrected chi connectivity index (χ2v) is 13.6. The maximum absolute atomic E-state index is 6.87. The van der Waals surface area contributed by atoms with Gasteiger partial charge in [-0.25, -0.2) is 0 Å². The van der Waals surface area contributed by atoms with E-state index in [2.05, 4.69) is 187 Å². The largest absolute Gasteiger partial charge is 0.551 e. The summed E-state index contributed by atoms with van der Waals surface area (Å²) in [5.41, 5.74) is 14.8. The standard InChI is InChI=1S/C48H30BNO2/c1-2-11-31(12-3-1)32-13-8-14-33(27-32)36-23-25-42-47(30-36)51-46-22-10-19-40-41-29-35(24-26-45(41)52-49(42)48(40)46)34-15-9-16-37(28-34)50-43-20-6-4-17-38(43)39-18-5-7-21-44(39)50/h1-30H. The second-order valence-electron chi connectivity index (χ2n) is 13.6. The van der Waals surface area contributed by atoms with Gasteiger partial charge in [-0.15, -0.1) is 0 Å². The fourth-order valence-electron chi connectivity index (χ4n) is 8.24. The van der Waals surface area contributed by atoms with E-state index < -0.39 is 0 Å². The van der Waals surface area contributed by atoms with Crippen LogP contribution in [0.3, 0.4) is 0 Å². The van der Waals surface area contributed by atoms with Crippen molar-refractivity contribution < 1.29 is 9.39 Å². The van der Waals surface area contributed by atoms with Crippen LogP contribution in [0.2, 0.25) is 0 Å². The number of benzene rings is 8. The van der Waals surface area contributed by atoms with Crippen LogP contribution in [0.1, 0.15) is 0 Å². The number of hydrogen-bond acceptors (Lipinski definition) is 2. The first kappa shape index (κ1) is 29.0. The average molecular weight is 664 g/mol. The van der Waals surface area contributed by atoms with Crippen LogP contribution in [0.15, 0.2) is 182 Å². The zero-order valence-corrected chi connectivity index (χ0v) is 28.2. The van der Waals surface area contributed by atoms with Gasteiger partial charge < -0.3 is 14.0 Å². The molecular formula is C48H30BNO2. The lowest BCUT2D eigenvalue weighted by Gasteiger charge is -2.33. The van der Waals surface area contributed by atoms with E-state index in [1.54, 1.807) is 0 Å². The van der Waals surface area contributed by atoms with Crippen molar-refractivity contribution in [3.8, 4) is 67.4 Å². The molecule has 2 aliphatic heterocycles. The van der Waals surface area contributed by atoms with Crippen LogP contribution in [0.4, 0.5) is 0 Å². The third kappa shape index (κ3) is 4.48. The van der Waals surface area contributed by atoms with E-state index in [9.17, 15) is 0 Å². The van der Waals surface area contributed by atoms with Gasteiger partial charge in [-0.3, -0.25) is 0 Å². The van der Waals surface area contributed by atoms with E-state index in [1.165, 1.54) is 32.9 Å². The number of ether oxygens (including phenoxy) is 1. The maximum Gasteiger partial charge on any atom is 0.434 e. The van der Waals surface area contributed by atoms with E-state index in [-0.39, 0.29) is 6.92 Å². The number of hydrogen-bond donors (Lipinski definition) is 0. The minimum absolute atomic E-state index is 0.253. The van der Waals surface area contributed by atoms with Crippen LogP contribution in [-0.4, -0.2) is 11.5 Å². The molecule has 0 saturated carbocycles. The van der Waals surface area contributed by atoms with Crippen LogP contribution >= 0.6 is 0 Å². The molecule has 2 aliphatic rings. The third-order valence-electron chi connectivity index (χ3n) is 10.7. The van der Waals surface area contributed by atoms with Gasteiger partial charge in [-0.05, 0) is 93.5 Å². The predicted octanol–water partition coefficient (Wildman–Crippen LogP) is 11.1. The highest BCUT2D eigenvalue weighted by molar-refractivity contribution is 6.84. The summed E-state index contributed by atoms with van der Waals surface area (Å²) in [5, 5.41) is 2.52. The van der Waals surface area contributed by atoms with Gasteiger partial charge in [-0.1, -0.05) is 127 Å². The summed E-state index contributed by atoms with van der Waals surface area (Å²) in [7, 11) is 0. The minimum atomic E-state index is -0.253. The van der Waals surface area contributed by atoms with E-state index in [4.69, 9.17) is 9.39 Å². The van der Waals surface area contributed by atoms with Crippen LogP contribution in [0.25, 0.3) is 72.0 Å². The molecule has 4 heteroatoms.